The number of nitrogens with zero attached hydrogens (tertiary/aromatic N) is 3. The summed E-state index contributed by atoms with van der Waals surface area (Å²) < 4.78 is 1.93. The summed E-state index contributed by atoms with van der Waals surface area (Å²) in [7, 11) is 3.32. The van der Waals surface area contributed by atoms with Crippen LogP contribution in [0.2, 0.25) is 0 Å². The van der Waals surface area contributed by atoms with Crippen molar-refractivity contribution in [2.24, 2.45) is 7.05 Å². The Labute approximate surface area is 149 Å². The van der Waals surface area contributed by atoms with E-state index < -0.39 is 5.91 Å². The lowest BCUT2D eigenvalue weighted by Gasteiger charge is -2.06. The molecule has 1 aliphatic heterocycles. The molecular formula is C19H16N4O3. The first-order chi connectivity index (χ1) is 12.5. The van der Waals surface area contributed by atoms with Gasteiger partial charge in [0.2, 0.25) is 0 Å². The lowest BCUT2D eigenvalue weighted by molar-refractivity contribution is 0.0693. The maximum Gasteiger partial charge on any atom is 0.261 e. The van der Waals surface area contributed by atoms with Crippen LogP contribution in [-0.4, -0.2) is 39.2 Å². The van der Waals surface area contributed by atoms with Crippen molar-refractivity contribution in [3.05, 3.63) is 65.0 Å². The minimum atomic E-state index is -0.394. The molecule has 0 atom stereocenters. The second-order valence-electron chi connectivity index (χ2n) is 6.19. The maximum atomic E-state index is 12.5. The topological polar surface area (TPSA) is 84.3 Å². The van der Waals surface area contributed by atoms with Crippen molar-refractivity contribution >= 4 is 28.8 Å². The van der Waals surface area contributed by atoms with E-state index in [1.54, 1.807) is 6.07 Å². The number of para-hydroxylation sites is 2. The monoisotopic (exact) mass is 348 g/mol. The minimum Gasteiger partial charge on any atom is -0.345 e. The lowest BCUT2D eigenvalue weighted by atomic mass is 10.1. The largest absolute Gasteiger partial charge is 0.345 e. The zero-order valence-electron chi connectivity index (χ0n) is 14.3. The van der Waals surface area contributed by atoms with Gasteiger partial charge < -0.3 is 9.88 Å². The summed E-state index contributed by atoms with van der Waals surface area (Å²) in [4.78, 5) is 42.0. The van der Waals surface area contributed by atoms with Gasteiger partial charge in [-0.05, 0) is 30.3 Å². The molecule has 1 aliphatic rings. The number of amides is 3. The molecular weight excluding hydrogens is 332 g/mol. The van der Waals surface area contributed by atoms with Gasteiger partial charge in [0.15, 0.2) is 0 Å². The highest BCUT2D eigenvalue weighted by molar-refractivity contribution is 6.21. The Hall–Kier alpha value is -3.48. The number of nitrogens with one attached hydrogen (secondary N) is 1. The van der Waals surface area contributed by atoms with E-state index in [1.807, 2.05) is 35.9 Å². The van der Waals surface area contributed by atoms with Crippen LogP contribution in [0.25, 0.3) is 11.0 Å². The molecule has 1 N–H and O–H groups in total. The van der Waals surface area contributed by atoms with Gasteiger partial charge in [0, 0.05) is 19.7 Å². The number of imide groups is 1. The van der Waals surface area contributed by atoms with Crippen molar-refractivity contribution in [1.82, 2.24) is 19.8 Å². The van der Waals surface area contributed by atoms with Crippen LogP contribution >= 0.6 is 0 Å². The van der Waals surface area contributed by atoms with Crippen LogP contribution in [0.15, 0.2) is 42.5 Å². The molecule has 2 aromatic carbocycles. The predicted octanol–water partition coefficient (Wildman–Crippen LogP) is 1.73. The number of benzene rings is 2. The molecule has 7 heteroatoms. The van der Waals surface area contributed by atoms with E-state index in [9.17, 15) is 14.4 Å². The molecule has 4 rings (SSSR count). The first-order valence-electron chi connectivity index (χ1n) is 8.12. The molecule has 0 spiro atoms. The summed E-state index contributed by atoms with van der Waals surface area (Å²) >= 11 is 0. The van der Waals surface area contributed by atoms with E-state index in [2.05, 4.69) is 10.3 Å². The van der Waals surface area contributed by atoms with Gasteiger partial charge in [-0.3, -0.25) is 19.3 Å². The number of aromatic nitrogens is 2. The van der Waals surface area contributed by atoms with Crippen molar-refractivity contribution < 1.29 is 14.4 Å². The van der Waals surface area contributed by atoms with Gasteiger partial charge in [-0.15, -0.1) is 0 Å². The third-order valence-electron chi connectivity index (χ3n) is 4.64. The fourth-order valence-electron chi connectivity index (χ4n) is 3.12. The molecule has 1 aromatic heterocycles. The summed E-state index contributed by atoms with van der Waals surface area (Å²) in [5.41, 5.74) is 2.77. The highest BCUT2D eigenvalue weighted by Gasteiger charge is 2.33. The summed E-state index contributed by atoms with van der Waals surface area (Å²) in [6.07, 6.45) is 0. The lowest BCUT2D eigenvalue weighted by Crippen LogP contribution is -2.25. The molecule has 0 fully saturated rings. The third-order valence-corrected chi connectivity index (χ3v) is 4.64. The van der Waals surface area contributed by atoms with Gasteiger partial charge in [-0.2, -0.15) is 0 Å². The summed E-state index contributed by atoms with van der Waals surface area (Å²) in [6, 6.07) is 12.3. The number of rotatable bonds is 3. The zero-order valence-corrected chi connectivity index (χ0v) is 14.3. The summed E-state index contributed by atoms with van der Waals surface area (Å²) in [6.45, 7) is 0.258. The molecule has 2 heterocycles. The Balaban J connectivity index is 1.55. The first-order valence-corrected chi connectivity index (χ1v) is 8.12. The highest BCUT2D eigenvalue weighted by atomic mass is 16.2. The Kier molecular flexibility index (Phi) is 3.57. The van der Waals surface area contributed by atoms with E-state index in [0.29, 0.717) is 11.1 Å². The second kappa shape index (κ2) is 5.80. The van der Waals surface area contributed by atoms with E-state index in [-0.39, 0.29) is 23.9 Å². The molecule has 0 bridgehead atoms. The normalized spacial score (nSPS) is 13.4. The Morgan fingerprint density at radius 2 is 1.77 bits per heavy atom. The quantitative estimate of drug-likeness (QED) is 0.731. The molecule has 7 nitrogen and oxygen atoms in total. The highest BCUT2D eigenvalue weighted by Crippen LogP contribution is 2.22. The molecule has 0 saturated carbocycles. The standard InChI is InChI=1S/C19H16N4O3/c1-22-15-6-4-3-5-14(15)21-16(22)10-20-17(24)11-7-8-12-13(9-11)19(26)23(2)18(12)25/h3-9H,10H2,1-2H3,(H,20,24). The van der Waals surface area contributed by atoms with Crippen molar-refractivity contribution in [2.75, 3.05) is 7.05 Å². The molecule has 3 amide bonds. The van der Waals surface area contributed by atoms with Crippen LogP contribution in [0, 0.1) is 0 Å². The van der Waals surface area contributed by atoms with Gasteiger partial charge in [0.25, 0.3) is 17.7 Å². The van der Waals surface area contributed by atoms with Gasteiger partial charge in [-0.1, -0.05) is 12.1 Å². The Bertz CT molecular complexity index is 1080. The van der Waals surface area contributed by atoms with E-state index in [1.165, 1.54) is 19.2 Å². The van der Waals surface area contributed by atoms with Crippen molar-refractivity contribution in [3.63, 3.8) is 0 Å². The smallest absolute Gasteiger partial charge is 0.261 e. The molecule has 0 aliphatic carbocycles. The van der Waals surface area contributed by atoms with E-state index in [0.717, 1.165) is 21.8 Å². The maximum absolute atomic E-state index is 12.5. The van der Waals surface area contributed by atoms with E-state index >= 15 is 0 Å². The van der Waals surface area contributed by atoms with Gasteiger partial charge in [0.05, 0.1) is 28.7 Å². The van der Waals surface area contributed by atoms with Gasteiger partial charge in [0.1, 0.15) is 5.82 Å². The van der Waals surface area contributed by atoms with Crippen LogP contribution in [-0.2, 0) is 13.6 Å². The van der Waals surface area contributed by atoms with Crippen molar-refractivity contribution in [2.45, 2.75) is 6.54 Å². The fraction of sp³-hybridized carbons (Fsp3) is 0.158. The second-order valence-corrected chi connectivity index (χ2v) is 6.19. The average Bonchev–Trinajstić information content (AvgIpc) is 3.09. The van der Waals surface area contributed by atoms with Crippen LogP contribution in [0.1, 0.15) is 36.9 Å². The van der Waals surface area contributed by atoms with Crippen LogP contribution in [0.4, 0.5) is 0 Å². The molecule has 26 heavy (non-hydrogen) atoms. The average molecular weight is 348 g/mol. The number of carbonyl (C=O) groups is 3. The third kappa shape index (κ3) is 2.36. The minimum absolute atomic E-state index is 0.257. The summed E-state index contributed by atoms with van der Waals surface area (Å²) in [5, 5.41) is 2.81. The van der Waals surface area contributed by atoms with Gasteiger partial charge >= 0.3 is 0 Å². The molecule has 0 saturated heterocycles. The Morgan fingerprint density at radius 1 is 1.04 bits per heavy atom. The van der Waals surface area contributed by atoms with Crippen LogP contribution < -0.4 is 5.32 Å². The van der Waals surface area contributed by atoms with Crippen LogP contribution in [0.5, 0.6) is 0 Å². The zero-order chi connectivity index (χ0) is 18.4. The molecule has 0 unspecified atom stereocenters. The fourth-order valence-corrected chi connectivity index (χ4v) is 3.12. The SMILES string of the molecule is CN1C(=O)c2ccc(C(=O)NCc3nc4ccccc4n3C)cc2C1=O. The molecule has 130 valence electrons. The molecule has 0 radical (unpaired) electrons. The van der Waals surface area contributed by atoms with Crippen LogP contribution in [0.3, 0.4) is 0 Å². The number of aryl methyl sites for hydroxylation is 1. The van der Waals surface area contributed by atoms with Crippen molar-refractivity contribution in [1.29, 1.82) is 0 Å². The number of imidazole rings is 1. The van der Waals surface area contributed by atoms with Crippen molar-refractivity contribution in [3.8, 4) is 0 Å². The number of hydrogen-bond acceptors (Lipinski definition) is 4. The molecule has 3 aromatic rings. The van der Waals surface area contributed by atoms with E-state index in [4.69, 9.17) is 0 Å². The number of carbonyl (C=O) groups excluding carboxylic acids is 3. The van der Waals surface area contributed by atoms with Gasteiger partial charge in [-0.25, -0.2) is 4.98 Å². The number of hydrogen-bond donors (Lipinski definition) is 1. The predicted molar refractivity (Wildman–Crippen MR) is 94.8 cm³/mol. The number of fused-ring (bicyclic) bond motifs is 2. The Morgan fingerprint density at radius 3 is 2.54 bits per heavy atom. The first kappa shape index (κ1) is 16.0. The summed E-state index contributed by atoms with van der Waals surface area (Å²) in [5.74, 6) is -0.340.